The minimum absolute atomic E-state index is 0.173. The van der Waals surface area contributed by atoms with Crippen LogP contribution in [0.3, 0.4) is 0 Å². The fourth-order valence-electron chi connectivity index (χ4n) is 1.36. The average molecular weight is 263 g/mol. The molecule has 1 aromatic rings. The molecule has 0 saturated heterocycles. The molecule has 1 atom stereocenters. The van der Waals surface area contributed by atoms with Crippen LogP contribution in [-0.4, -0.2) is 25.9 Å². The third-order valence-corrected chi connectivity index (χ3v) is 4.47. The molecule has 0 amide bonds. The van der Waals surface area contributed by atoms with E-state index in [2.05, 4.69) is 4.72 Å². The molecule has 0 aliphatic carbocycles. The van der Waals surface area contributed by atoms with Crippen LogP contribution in [0.2, 0.25) is 0 Å². The van der Waals surface area contributed by atoms with Crippen molar-refractivity contribution < 1.29 is 13.5 Å². The molecule has 0 spiro atoms. The van der Waals surface area contributed by atoms with E-state index in [9.17, 15) is 8.42 Å². The highest BCUT2D eigenvalue weighted by molar-refractivity contribution is 7.89. The van der Waals surface area contributed by atoms with Gasteiger partial charge in [-0.25, -0.2) is 13.1 Å². The van der Waals surface area contributed by atoms with E-state index in [-0.39, 0.29) is 24.3 Å². The maximum Gasteiger partial charge on any atom is 0.214 e. The lowest BCUT2D eigenvalue weighted by Crippen LogP contribution is -2.33. The third-order valence-electron chi connectivity index (χ3n) is 2.18. The molecule has 0 saturated carbocycles. The lowest BCUT2D eigenvalue weighted by molar-refractivity contribution is 0.318. The number of aliphatic hydroxyl groups is 1. The summed E-state index contributed by atoms with van der Waals surface area (Å²) in [5.41, 5.74) is 0. The molecule has 0 aliphatic heterocycles. The minimum atomic E-state index is -3.40. The van der Waals surface area contributed by atoms with Gasteiger partial charge in [-0.1, -0.05) is 19.9 Å². The zero-order chi connectivity index (χ0) is 12.2. The molecule has 6 heteroatoms. The summed E-state index contributed by atoms with van der Waals surface area (Å²) in [6.07, 6.45) is 0. The summed E-state index contributed by atoms with van der Waals surface area (Å²) in [7, 11) is -3.40. The van der Waals surface area contributed by atoms with Crippen LogP contribution < -0.4 is 4.72 Å². The van der Waals surface area contributed by atoms with Gasteiger partial charge in [-0.3, -0.25) is 0 Å². The molecular weight excluding hydrogens is 246 g/mol. The predicted molar refractivity (Wildman–Crippen MR) is 65.9 cm³/mol. The van der Waals surface area contributed by atoms with Gasteiger partial charge in [0.15, 0.2) is 0 Å². The van der Waals surface area contributed by atoms with Crippen LogP contribution in [0.4, 0.5) is 0 Å². The first-order valence-corrected chi connectivity index (χ1v) is 7.63. The summed E-state index contributed by atoms with van der Waals surface area (Å²) in [5.74, 6) is -0.0752. The quantitative estimate of drug-likeness (QED) is 0.814. The van der Waals surface area contributed by atoms with Gasteiger partial charge in [-0.2, -0.15) is 0 Å². The van der Waals surface area contributed by atoms with Crippen LogP contribution >= 0.6 is 11.3 Å². The van der Waals surface area contributed by atoms with Crippen LogP contribution in [0, 0.1) is 5.92 Å². The molecule has 92 valence electrons. The van der Waals surface area contributed by atoms with E-state index in [4.69, 9.17) is 5.11 Å². The molecule has 1 unspecified atom stereocenters. The van der Waals surface area contributed by atoms with Gasteiger partial charge in [-0.15, -0.1) is 11.3 Å². The smallest absolute Gasteiger partial charge is 0.214 e. The Morgan fingerprint density at radius 2 is 2.19 bits per heavy atom. The standard InChI is InChI=1S/C10H17NO3S2/c1-8(2)10(9-4-3-6-15-9)11-16(13,14)7-5-12/h3-4,6,8,10-12H,5,7H2,1-2H3. The van der Waals surface area contributed by atoms with Crippen molar-refractivity contribution in [1.29, 1.82) is 0 Å². The van der Waals surface area contributed by atoms with Crippen LogP contribution in [-0.2, 0) is 10.0 Å². The van der Waals surface area contributed by atoms with E-state index in [1.165, 1.54) is 11.3 Å². The Labute approximate surface area is 100 Å². The summed E-state index contributed by atoms with van der Waals surface area (Å²) in [4.78, 5) is 0.997. The number of hydrogen-bond acceptors (Lipinski definition) is 4. The summed E-state index contributed by atoms with van der Waals surface area (Å²) < 4.78 is 25.8. The van der Waals surface area contributed by atoms with Crippen molar-refractivity contribution in [1.82, 2.24) is 4.72 Å². The summed E-state index contributed by atoms with van der Waals surface area (Å²) in [6, 6.07) is 3.60. The van der Waals surface area contributed by atoms with Crippen LogP contribution in [0.25, 0.3) is 0 Å². The number of hydrogen-bond donors (Lipinski definition) is 2. The fraction of sp³-hybridized carbons (Fsp3) is 0.600. The van der Waals surface area contributed by atoms with Crippen molar-refractivity contribution >= 4 is 21.4 Å². The fourth-order valence-corrected chi connectivity index (χ4v) is 3.53. The first-order chi connectivity index (χ1) is 7.46. The number of rotatable bonds is 6. The van der Waals surface area contributed by atoms with Crippen LogP contribution in [0.1, 0.15) is 24.8 Å². The third kappa shape index (κ3) is 3.86. The molecule has 1 rings (SSSR count). The van der Waals surface area contributed by atoms with Gasteiger partial charge in [0.1, 0.15) is 0 Å². The van der Waals surface area contributed by atoms with Gasteiger partial charge in [0.25, 0.3) is 0 Å². The van der Waals surface area contributed by atoms with Crippen LogP contribution in [0.15, 0.2) is 17.5 Å². The summed E-state index contributed by atoms with van der Waals surface area (Å²) in [5, 5.41) is 10.6. The Hall–Kier alpha value is -0.430. The van der Waals surface area contributed by atoms with E-state index in [0.29, 0.717) is 0 Å². The van der Waals surface area contributed by atoms with E-state index >= 15 is 0 Å². The molecule has 1 heterocycles. The van der Waals surface area contributed by atoms with Crippen molar-refractivity contribution in [2.24, 2.45) is 5.92 Å². The van der Waals surface area contributed by atoms with Gasteiger partial charge in [0.2, 0.25) is 10.0 Å². The zero-order valence-corrected chi connectivity index (χ0v) is 11.0. The zero-order valence-electron chi connectivity index (χ0n) is 9.38. The number of aliphatic hydroxyl groups excluding tert-OH is 1. The van der Waals surface area contributed by atoms with Crippen LogP contribution in [0.5, 0.6) is 0 Å². The topological polar surface area (TPSA) is 66.4 Å². The Balaban J connectivity index is 2.82. The number of sulfonamides is 1. The maximum atomic E-state index is 11.6. The lowest BCUT2D eigenvalue weighted by atomic mass is 10.0. The molecule has 16 heavy (non-hydrogen) atoms. The largest absolute Gasteiger partial charge is 0.395 e. The molecule has 4 nitrogen and oxygen atoms in total. The molecule has 0 aliphatic rings. The second kappa shape index (κ2) is 5.77. The molecule has 0 aromatic carbocycles. The average Bonchev–Trinajstić information content (AvgIpc) is 2.66. The monoisotopic (exact) mass is 263 g/mol. The molecule has 0 radical (unpaired) electrons. The number of thiophene rings is 1. The van der Waals surface area contributed by atoms with Gasteiger partial charge in [0.05, 0.1) is 18.4 Å². The Kier molecular flexibility index (Phi) is 4.91. The van der Waals surface area contributed by atoms with Crippen molar-refractivity contribution in [2.75, 3.05) is 12.4 Å². The Morgan fingerprint density at radius 3 is 2.62 bits per heavy atom. The summed E-state index contributed by atoms with van der Waals surface area (Å²) >= 11 is 1.53. The van der Waals surface area contributed by atoms with E-state index in [1.54, 1.807) is 0 Å². The van der Waals surface area contributed by atoms with Gasteiger partial charge in [-0.05, 0) is 17.4 Å². The highest BCUT2D eigenvalue weighted by Gasteiger charge is 2.22. The maximum absolute atomic E-state index is 11.6. The lowest BCUT2D eigenvalue weighted by Gasteiger charge is -2.20. The van der Waals surface area contributed by atoms with Gasteiger partial charge >= 0.3 is 0 Å². The number of nitrogens with one attached hydrogen (secondary N) is 1. The second-order valence-corrected chi connectivity index (χ2v) is 6.75. The summed E-state index contributed by atoms with van der Waals surface area (Å²) in [6.45, 7) is 3.57. The molecule has 1 aromatic heterocycles. The highest BCUT2D eigenvalue weighted by atomic mass is 32.2. The first kappa shape index (κ1) is 13.6. The Morgan fingerprint density at radius 1 is 1.50 bits per heavy atom. The first-order valence-electron chi connectivity index (χ1n) is 5.10. The molecule has 0 bridgehead atoms. The van der Waals surface area contributed by atoms with Crippen molar-refractivity contribution in [2.45, 2.75) is 19.9 Å². The predicted octanol–water partition coefficient (Wildman–Crippen LogP) is 1.36. The van der Waals surface area contributed by atoms with E-state index < -0.39 is 10.0 Å². The van der Waals surface area contributed by atoms with E-state index in [0.717, 1.165) is 4.88 Å². The van der Waals surface area contributed by atoms with Crippen molar-refractivity contribution in [3.63, 3.8) is 0 Å². The SMILES string of the molecule is CC(C)C(NS(=O)(=O)CCO)c1cccs1. The molecule has 0 fully saturated rings. The van der Waals surface area contributed by atoms with E-state index in [1.807, 2.05) is 31.4 Å². The minimum Gasteiger partial charge on any atom is -0.395 e. The van der Waals surface area contributed by atoms with Gasteiger partial charge in [0, 0.05) is 4.88 Å². The molecule has 2 N–H and O–H groups in total. The molecular formula is C10H17NO3S2. The second-order valence-electron chi connectivity index (χ2n) is 3.90. The highest BCUT2D eigenvalue weighted by Crippen LogP contribution is 2.26. The van der Waals surface area contributed by atoms with Crippen molar-refractivity contribution in [3.8, 4) is 0 Å². The van der Waals surface area contributed by atoms with Gasteiger partial charge < -0.3 is 5.11 Å². The van der Waals surface area contributed by atoms with Crippen molar-refractivity contribution in [3.05, 3.63) is 22.4 Å². The normalized spacial score (nSPS) is 14.2. The Bertz CT molecular complexity index is 398.